The highest BCUT2D eigenvalue weighted by Crippen LogP contribution is 2.39. The predicted molar refractivity (Wildman–Crippen MR) is 66.3 cm³/mol. The topological polar surface area (TPSA) is 119 Å². The van der Waals surface area contributed by atoms with Gasteiger partial charge in [-0.05, 0) is 6.92 Å². The summed E-state index contributed by atoms with van der Waals surface area (Å²) in [4.78, 5) is 11.8. The molecular formula is C11H14FN5O3. The second-order valence-corrected chi connectivity index (χ2v) is 4.95. The molecule has 0 amide bonds. The van der Waals surface area contributed by atoms with E-state index in [0.717, 1.165) is 0 Å². The zero-order valence-corrected chi connectivity index (χ0v) is 10.6. The molecule has 9 heteroatoms. The lowest BCUT2D eigenvalue weighted by Gasteiger charge is -2.24. The van der Waals surface area contributed by atoms with Crippen LogP contribution in [-0.2, 0) is 4.74 Å². The van der Waals surface area contributed by atoms with E-state index < -0.39 is 30.7 Å². The normalized spacial score (nSPS) is 33.9. The molecule has 108 valence electrons. The van der Waals surface area contributed by atoms with Gasteiger partial charge in [-0.15, -0.1) is 0 Å². The Hall–Kier alpha value is -1.84. The van der Waals surface area contributed by atoms with E-state index in [1.165, 1.54) is 24.1 Å². The summed E-state index contributed by atoms with van der Waals surface area (Å²) in [6, 6.07) is 0. The molecule has 2 aromatic rings. The number of hydrogen-bond acceptors (Lipinski definition) is 7. The molecule has 0 spiro atoms. The molecule has 3 rings (SSSR count). The van der Waals surface area contributed by atoms with Crippen molar-refractivity contribution in [3.63, 3.8) is 0 Å². The quantitative estimate of drug-likeness (QED) is 0.672. The fraction of sp³-hybridized carbons (Fsp3) is 0.545. The number of ether oxygens (including phenoxy) is 1. The summed E-state index contributed by atoms with van der Waals surface area (Å²) >= 11 is 0. The molecule has 1 aliphatic heterocycles. The smallest absolute Gasteiger partial charge is 0.174 e. The first kappa shape index (κ1) is 13.2. The summed E-state index contributed by atoms with van der Waals surface area (Å²) < 4.78 is 21.0. The molecule has 3 heterocycles. The number of imidazole rings is 1. The van der Waals surface area contributed by atoms with Crippen molar-refractivity contribution in [3.8, 4) is 0 Å². The average Bonchev–Trinajstić information content (AvgIpc) is 2.96. The number of fused-ring (bicyclic) bond motifs is 1. The van der Waals surface area contributed by atoms with Crippen molar-refractivity contribution in [1.29, 1.82) is 0 Å². The zero-order valence-electron chi connectivity index (χ0n) is 10.6. The van der Waals surface area contributed by atoms with Gasteiger partial charge < -0.3 is 20.7 Å². The van der Waals surface area contributed by atoms with E-state index in [9.17, 15) is 14.6 Å². The minimum atomic E-state index is -1.72. The maximum Gasteiger partial charge on any atom is 0.174 e. The Labute approximate surface area is 113 Å². The Morgan fingerprint density at radius 2 is 2.25 bits per heavy atom. The van der Waals surface area contributed by atoms with Gasteiger partial charge in [-0.25, -0.2) is 19.3 Å². The number of aliphatic hydroxyl groups is 2. The molecule has 4 N–H and O–H groups in total. The predicted octanol–water partition coefficient (Wildman–Crippen LogP) is -0.613. The van der Waals surface area contributed by atoms with Gasteiger partial charge in [0, 0.05) is 0 Å². The number of halogens is 1. The van der Waals surface area contributed by atoms with Crippen LogP contribution in [-0.4, -0.2) is 54.2 Å². The number of aromatic nitrogens is 4. The van der Waals surface area contributed by atoms with E-state index in [1.54, 1.807) is 0 Å². The molecule has 0 aliphatic carbocycles. The molecule has 20 heavy (non-hydrogen) atoms. The first-order chi connectivity index (χ1) is 9.48. The Kier molecular flexibility index (Phi) is 2.85. The minimum absolute atomic E-state index is 0.174. The van der Waals surface area contributed by atoms with E-state index in [4.69, 9.17) is 10.5 Å². The van der Waals surface area contributed by atoms with Crippen LogP contribution in [0.4, 0.5) is 10.2 Å². The largest absolute Gasteiger partial charge is 0.393 e. The third-order valence-corrected chi connectivity index (χ3v) is 3.56. The number of anilines is 1. The minimum Gasteiger partial charge on any atom is -0.393 e. The van der Waals surface area contributed by atoms with Gasteiger partial charge in [-0.2, -0.15) is 0 Å². The van der Waals surface area contributed by atoms with Gasteiger partial charge >= 0.3 is 0 Å². The molecule has 0 saturated carbocycles. The fourth-order valence-corrected chi connectivity index (χ4v) is 2.30. The van der Waals surface area contributed by atoms with Crippen molar-refractivity contribution in [2.24, 2.45) is 0 Å². The van der Waals surface area contributed by atoms with E-state index in [0.29, 0.717) is 11.2 Å². The summed E-state index contributed by atoms with van der Waals surface area (Å²) in [7, 11) is 0. The average molecular weight is 283 g/mol. The Morgan fingerprint density at radius 3 is 2.90 bits per heavy atom. The van der Waals surface area contributed by atoms with Gasteiger partial charge in [0.05, 0.1) is 12.9 Å². The molecule has 1 fully saturated rings. The van der Waals surface area contributed by atoms with Crippen molar-refractivity contribution in [2.45, 2.75) is 31.0 Å². The molecule has 4 atom stereocenters. The van der Waals surface area contributed by atoms with Gasteiger partial charge in [-0.3, -0.25) is 4.57 Å². The SMILES string of the molecule is C[C@]1(CO)O[C@H](n2cnc3c(N)ncnc32)[C@@H](F)[C@@H]1O. The molecular weight excluding hydrogens is 269 g/mol. The van der Waals surface area contributed by atoms with Crippen LogP contribution in [0.25, 0.3) is 11.2 Å². The maximum atomic E-state index is 14.2. The standard InChI is InChI=1S/C11H14FN5O3/c1-11(2-18)7(19)5(12)10(20-11)17-4-16-6-8(13)14-3-15-9(6)17/h3-5,7,10,18-19H,2H2,1H3,(H2,13,14,15)/t5-,7-,10-,11+/m0/s1. The highest BCUT2D eigenvalue weighted by atomic mass is 19.1. The zero-order chi connectivity index (χ0) is 14.5. The van der Waals surface area contributed by atoms with E-state index in [1.807, 2.05) is 0 Å². The molecule has 1 saturated heterocycles. The molecule has 0 aromatic carbocycles. The van der Waals surface area contributed by atoms with Crippen LogP contribution in [0.1, 0.15) is 13.2 Å². The molecule has 0 radical (unpaired) electrons. The lowest BCUT2D eigenvalue weighted by atomic mass is 9.99. The Bertz CT molecular complexity index is 650. The Balaban J connectivity index is 2.06. The monoisotopic (exact) mass is 283 g/mol. The molecule has 2 aromatic heterocycles. The lowest BCUT2D eigenvalue weighted by molar-refractivity contribution is -0.115. The third-order valence-electron chi connectivity index (χ3n) is 3.56. The maximum absolute atomic E-state index is 14.2. The van der Waals surface area contributed by atoms with E-state index in [-0.39, 0.29) is 5.82 Å². The van der Waals surface area contributed by atoms with Crippen molar-refractivity contribution < 1.29 is 19.3 Å². The Morgan fingerprint density at radius 1 is 1.50 bits per heavy atom. The van der Waals surface area contributed by atoms with Crippen LogP contribution >= 0.6 is 0 Å². The van der Waals surface area contributed by atoms with Crippen molar-refractivity contribution in [2.75, 3.05) is 12.3 Å². The van der Waals surface area contributed by atoms with Gasteiger partial charge in [0.2, 0.25) is 0 Å². The van der Waals surface area contributed by atoms with Crippen LogP contribution in [0.5, 0.6) is 0 Å². The van der Waals surface area contributed by atoms with Gasteiger partial charge in [-0.1, -0.05) is 0 Å². The number of aliphatic hydroxyl groups excluding tert-OH is 2. The summed E-state index contributed by atoms with van der Waals surface area (Å²) in [6.45, 7) is 0.932. The third kappa shape index (κ3) is 1.67. The van der Waals surface area contributed by atoms with Crippen molar-refractivity contribution in [1.82, 2.24) is 19.5 Å². The van der Waals surface area contributed by atoms with Gasteiger partial charge in [0.25, 0.3) is 0 Å². The first-order valence-electron chi connectivity index (χ1n) is 6.02. The van der Waals surface area contributed by atoms with Crippen molar-refractivity contribution in [3.05, 3.63) is 12.7 Å². The first-order valence-corrected chi connectivity index (χ1v) is 6.02. The van der Waals surface area contributed by atoms with E-state index >= 15 is 0 Å². The van der Waals surface area contributed by atoms with Crippen LogP contribution < -0.4 is 5.73 Å². The number of nitrogen functional groups attached to an aromatic ring is 1. The number of hydrogen-bond donors (Lipinski definition) is 3. The fourth-order valence-electron chi connectivity index (χ4n) is 2.30. The number of rotatable bonds is 2. The molecule has 0 unspecified atom stereocenters. The second-order valence-electron chi connectivity index (χ2n) is 4.95. The number of alkyl halides is 1. The lowest BCUT2D eigenvalue weighted by Crippen LogP contribution is -2.42. The summed E-state index contributed by atoms with van der Waals surface area (Å²) in [5, 5.41) is 19.1. The number of nitrogens with two attached hydrogens (primary N) is 1. The molecule has 0 bridgehead atoms. The molecule has 8 nitrogen and oxygen atoms in total. The van der Waals surface area contributed by atoms with Crippen LogP contribution in [0, 0.1) is 0 Å². The summed E-state index contributed by atoms with van der Waals surface area (Å²) in [5.41, 5.74) is 4.92. The van der Waals surface area contributed by atoms with Crippen molar-refractivity contribution >= 4 is 17.0 Å². The highest BCUT2D eigenvalue weighted by molar-refractivity contribution is 5.81. The van der Waals surface area contributed by atoms with Crippen LogP contribution in [0.2, 0.25) is 0 Å². The van der Waals surface area contributed by atoms with Gasteiger partial charge in [0.15, 0.2) is 23.9 Å². The second kappa shape index (κ2) is 4.33. The highest BCUT2D eigenvalue weighted by Gasteiger charge is 2.53. The van der Waals surface area contributed by atoms with E-state index in [2.05, 4.69) is 15.0 Å². The summed E-state index contributed by atoms with van der Waals surface area (Å²) in [6.07, 6.45) is -1.75. The number of nitrogens with zero attached hydrogens (tertiary/aromatic N) is 4. The van der Waals surface area contributed by atoms with Crippen LogP contribution in [0.15, 0.2) is 12.7 Å². The molecule has 1 aliphatic rings. The van der Waals surface area contributed by atoms with Gasteiger partial charge in [0.1, 0.15) is 23.5 Å². The summed E-state index contributed by atoms with van der Waals surface area (Å²) in [5.74, 6) is 0.174. The van der Waals surface area contributed by atoms with Crippen LogP contribution in [0.3, 0.4) is 0 Å².